The smallest absolute Gasteiger partial charge is 0.409 e. The standard InChI is InChI=1S/C11H9FN2O2/c1-6-2-3-7-4-8(12)5-9(10(7)13-6)14-11(15)16/h2-5,14H,1H3,(H,15,16). The van der Waals surface area contributed by atoms with Gasteiger partial charge in [-0.3, -0.25) is 10.3 Å². The van der Waals surface area contributed by atoms with Crippen LogP contribution >= 0.6 is 0 Å². The number of carboxylic acid groups (broad SMARTS) is 1. The average molecular weight is 220 g/mol. The number of rotatable bonds is 1. The maximum Gasteiger partial charge on any atom is 0.409 e. The van der Waals surface area contributed by atoms with E-state index in [1.807, 2.05) is 0 Å². The maximum atomic E-state index is 13.2. The number of aromatic nitrogens is 1. The van der Waals surface area contributed by atoms with E-state index in [1.54, 1.807) is 19.1 Å². The number of carbonyl (C=O) groups is 1. The largest absolute Gasteiger partial charge is 0.465 e. The van der Waals surface area contributed by atoms with Crippen LogP contribution in [0.4, 0.5) is 14.9 Å². The lowest BCUT2D eigenvalue weighted by Crippen LogP contribution is -2.08. The fourth-order valence-corrected chi connectivity index (χ4v) is 1.51. The van der Waals surface area contributed by atoms with Gasteiger partial charge in [-0.15, -0.1) is 0 Å². The van der Waals surface area contributed by atoms with Crippen molar-refractivity contribution in [3.05, 3.63) is 35.8 Å². The van der Waals surface area contributed by atoms with E-state index in [0.29, 0.717) is 10.9 Å². The Morgan fingerprint density at radius 1 is 1.44 bits per heavy atom. The van der Waals surface area contributed by atoms with Crippen molar-refractivity contribution < 1.29 is 14.3 Å². The third-order valence-corrected chi connectivity index (χ3v) is 2.14. The second-order valence-corrected chi connectivity index (χ2v) is 3.41. The highest BCUT2D eigenvalue weighted by molar-refractivity contribution is 5.97. The van der Waals surface area contributed by atoms with Crippen molar-refractivity contribution in [1.29, 1.82) is 0 Å². The third-order valence-electron chi connectivity index (χ3n) is 2.14. The minimum absolute atomic E-state index is 0.159. The van der Waals surface area contributed by atoms with Crippen molar-refractivity contribution in [2.75, 3.05) is 5.32 Å². The zero-order chi connectivity index (χ0) is 11.7. The summed E-state index contributed by atoms with van der Waals surface area (Å²) in [6.45, 7) is 1.79. The molecule has 2 rings (SSSR count). The molecule has 0 spiro atoms. The fraction of sp³-hybridized carbons (Fsp3) is 0.0909. The lowest BCUT2D eigenvalue weighted by molar-refractivity contribution is 0.210. The highest BCUT2D eigenvalue weighted by atomic mass is 19.1. The van der Waals surface area contributed by atoms with E-state index < -0.39 is 11.9 Å². The molecule has 1 amide bonds. The molecule has 1 heterocycles. The van der Waals surface area contributed by atoms with Crippen molar-refractivity contribution in [2.45, 2.75) is 6.92 Å². The van der Waals surface area contributed by atoms with Crippen LogP contribution < -0.4 is 5.32 Å². The molecule has 0 aliphatic carbocycles. The van der Waals surface area contributed by atoms with E-state index in [9.17, 15) is 9.18 Å². The van der Waals surface area contributed by atoms with Crippen molar-refractivity contribution in [3.8, 4) is 0 Å². The molecule has 0 saturated heterocycles. The molecule has 2 N–H and O–H groups in total. The van der Waals surface area contributed by atoms with E-state index >= 15 is 0 Å². The molecule has 82 valence electrons. The quantitative estimate of drug-likeness (QED) is 0.776. The molecule has 1 aromatic heterocycles. The molecule has 0 atom stereocenters. The molecule has 5 heteroatoms. The summed E-state index contributed by atoms with van der Waals surface area (Å²) in [5.74, 6) is -0.498. The molecule has 0 radical (unpaired) electrons. The third kappa shape index (κ3) is 1.93. The molecular weight excluding hydrogens is 211 g/mol. The van der Waals surface area contributed by atoms with Crippen LogP contribution in [0.25, 0.3) is 10.9 Å². The van der Waals surface area contributed by atoms with Crippen LogP contribution in [0.15, 0.2) is 24.3 Å². The summed E-state index contributed by atoms with van der Waals surface area (Å²) in [5, 5.41) is 11.3. The lowest BCUT2D eigenvalue weighted by Gasteiger charge is -2.06. The van der Waals surface area contributed by atoms with E-state index in [4.69, 9.17) is 5.11 Å². The number of hydrogen-bond donors (Lipinski definition) is 2. The maximum absolute atomic E-state index is 13.2. The SMILES string of the molecule is Cc1ccc2cc(F)cc(NC(=O)O)c2n1. The highest BCUT2D eigenvalue weighted by Crippen LogP contribution is 2.23. The van der Waals surface area contributed by atoms with Crippen LogP contribution in [0, 0.1) is 12.7 Å². The molecule has 16 heavy (non-hydrogen) atoms. The molecule has 0 saturated carbocycles. The Morgan fingerprint density at radius 2 is 2.19 bits per heavy atom. The number of nitrogens with zero attached hydrogens (tertiary/aromatic N) is 1. The number of aryl methyl sites for hydroxylation is 1. The number of amides is 1. The fourth-order valence-electron chi connectivity index (χ4n) is 1.51. The van der Waals surface area contributed by atoms with E-state index in [1.165, 1.54) is 6.07 Å². The Labute approximate surface area is 90.7 Å². The van der Waals surface area contributed by atoms with Crippen LogP contribution in [0.5, 0.6) is 0 Å². The first kappa shape index (κ1) is 10.4. The van der Waals surface area contributed by atoms with E-state index in [2.05, 4.69) is 10.3 Å². The van der Waals surface area contributed by atoms with E-state index in [0.717, 1.165) is 11.8 Å². The summed E-state index contributed by atoms with van der Waals surface area (Å²) in [6.07, 6.45) is -1.24. The van der Waals surface area contributed by atoms with Crippen LogP contribution in [0.3, 0.4) is 0 Å². The second-order valence-electron chi connectivity index (χ2n) is 3.41. The highest BCUT2D eigenvalue weighted by Gasteiger charge is 2.08. The van der Waals surface area contributed by atoms with Gasteiger partial charge in [-0.2, -0.15) is 0 Å². The summed E-state index contributed by atoms with van der Waals surface area (Å²) < 4.78 is 13.2. The summed E-state index contributed by atoms with van der Waals surface area (Å²) in [4.78, 5) is 14.7. The topological polar surface area (TPSA) is 62.2 Å². The molecule has 0 bridgehead atoms. The van der Waals surface area contributed by atoms with Crippen LogP contribution in [0.2, 0.25) is 0 Å². The molecular formula is C11H9FN2O2. The number of halogens is 1. The molecule has 0 fully saturated rings. The lowest BCUT2D eigenvalue weighted by atomic mass is 10.1. The normalized spacial score (nSPS) is 10.4. The number of pyridine rings is 1. The Bertz CT molecular complexity index is 569. The van der Waals surface area contributed by atoms with Gasteiger partial charge >= 0.3 is 6.09 Å². The van der Waals surface area contributed by atoms with Gasteiger partial charge in [0.1, 0.15) is 5.82 Å². The number of anilines is 1. The Balaban J connectivity index is 2.69. The van der Waals surface area contributed by atoms with Crippen LogP contribution in [-0.4, -0.2) is 16.2 Å². The van der Waals surface area contributed by atoms with Gasteiger partial charge in [0.25, 0.3) is 0 Å². The first-order valence-corrected chi connectivity index (χ1v) is 4.63. The van der Waals surface area contributed by atoms with Gasteiger partial charge in [0.15, 0.2) is 0 Å². The van der Waals surface area contributed by atoms with E-state index in [-0.39, 0.29) is 5.69 Å². The molecule has 0 aliphatic rings. The molecule has 0 aliphatic heterocycles. The second kappa shape index (κ2) is 3.77. The number of nitrogens with one attached hydrogen (secondary N) is 1. The monoisotopic (exact) mass is 220 g/mol. The summed E-state index contributed by atoms with van der Waals surface area (Å²) >= 11 is 0. The zero-order valence-corrected chi connectivity index (χ0v) is 8.49. The zero-order valence-electron chi connectivity index (χ0n) is 8.49. The summed E-state index contributed by atoms with van der Waals surface area (Å²) in [5.41, 5.74) is 1.35. The first-order chi connectivity index (χ1) is 7.56. The number of hydrogen-bond acceptors (Lipinski definition) is 2. The van der Waals surface area contributed by atoms with Crippen LogP contribution in [0.1, 0.15) is 5.69 Å². The van der Waals surface area contributed by atoms with Crippen molar-refractivity contribution in [1.82, 2.24) is 4.98 Å². The van der Waals surface area contributed by atoms with Crippen molar-refractivity contribution in [2.24, 2.45) is 0 Å². The Morgan fingerprint density at radius 3 is 2.88 bits per heavy atom. The predicted molar refractivity (Wildman–Crippen MR) is 58.1 cm³/mol. The van der Waals surface area contributed by atoms with Gasteiger partial charge in [0.2, 0.25) is 0 Å². The molecule has 4 nitrogen and oxygen atoms in total. The van der Waals surface area contributed by atoms with Crippen LogP contribution in [-0.2, 0) is 0 Å². The minimum Gasteiger partial charge on any atom is -0.465 e. The Hall–Kier alpha value is -2.17. The average Bonchev–Trinajstić information content (AvgIpc) is 2.18. The van der Waals surface area contributed by atoms with Gasteiger partial charge in [-0.25, -0.2) is 9.18 Å². The van der Waals surface area contributed by atoms with Gasteiger partial charge in [0, 0.05) is 11.1 Å². The van der Waals surface area contributed by atoms with Crippen molar-refractivity contribution in [3.63, 3.8) is 0 Å². The van der Waals surface area contributed by atoms with Gasteiger partial charge < -0.3 is 5.11 Å². The summed E-state index contributed by atoms with van der Waals surface area (Å²) in [7, 11) is 0. The number of fused-ring (bicyclic) bond motifs is 1. The van der Waals surface area contributed by atoms with Gasteiger partial charge in [-0.05, 0) is 25.1 Å². The van der Waals surface area contributed by atoms with Gasteiger partial charge in [0.05, 0.1) is 11.2 Å². The molecule has 1 aromatic carbocycles. The minimum atomic E-state index is -1.24. The predicted octanol–water partition coefficient (Wildman–Crippen LogP) is 2.77. The first-order valence-electron chi connectivity index (χ1n) is 4.63. The van der Waals surface area contributed by atoms with Gasteiger partial charge in [-0.1, -0.05) is 6.07 Å². The summed E-state index contributed by atoms with van der Waals surface area (Å²) in [6, 6.07) is 5.87. The molecule has 0 unspecified atom stereocenters. The number of benzene rings is 1. The Kier molecular flexibility index (Phi) is 2.44. The molecule has 2 aromatic rings. The van der Waals surface area contributed by atoms with Crippen molar-refractivity contribution >= 4 is 22.7 Å².